The van der Waals surface area contributed by atoms with Crippen molar-refractivity contribution in [1.29, 1.82) is 5.26 Å². The Morgan fingerprint density at radius 3 is 2.88 bits per heavy atom. The molecule has 0 amide bonds. The van der Waals surface area contributed by atoms with E-state index in [1.807, 2.05) is 17.8 Å². The molecule has 16 heavy (non-hydrogen) atoms. The maximum absolute atomic E-state index is 8.70. The van der Waals surface area contributed by atoms with E-state index in [1.54, 1.807) is 12.1 Å². The summed E-state index contributed by atoms with van der Waals surface area (Å²) in [6.45, 7) is 3.10. The van der Waals surface area contributed by atoms with E-state index < -0.39 is 0 Å². The molecule has 0 bridgehead atoms. The lowest BCUT2D eigenvalue weighted by atomic mass is 10.2. The summed E-state index contributed by atoms with van der Waals surface area (Å²) in [7, 11) is 0. The topological polar surface area (TPSA) is 35.8 Å². The molecule has 1 N–H and O–H groups in total. The van der Waals surface area contributed by atoms with Gasteiger partial charge in [-0.1, -0.05) is 18.5 Å². The maximum Gasteiger partial charge on any atom is 0.0992 e. The molecule has 0 saturated heterocycles. The predicted octanol–water partition coefficient (Wildman–Crippen LogP) is 3.77. The van der Waals surface area contributed by atoms with Gasteiger partial charge in [0, 0.05) is 11.8 Å². The van der Waals surface area contributed by atoms with E-state index in [4.69, 9.17) is 16.9 Å². The fraction of sp³-hybridized carbons (Fsp3) is 0.417. The SMILES string of the molecule is CSC(C)CCNc1ccc(C#N)cc1Cl. The Bertz CT molecular complexity index is 387. The van der Waals surface area contributed by atoms with Crippen LogP contribution in [0.2, 0.25) is 5.02 Å². The summed E-state index contributed by atoms with van der Waals surface area (Å²) in [6, 6.07) is 7.37. The number of nitrogens with zero attached hydrogens (tertiary/aromatic N) is 1. The molecule has 0 spiro atoms. The molecule has 0 aromatic heterocycles. The van der Waals surface area contributed by atoms with Crippen LogP contribution in [0.1, 0.15) is 18.9 Å². The maximum atomic E-state index is 8.70. The molecular formula is C12H15ClN2S. The molecule has 2 nitrogen and oxygen atoms in total. The zero-order chi connectivity index (χ0) is 12.0. The molecule has 0 aliphatic carbocycles. The minimum atomic E-state index is 0.591. The first kappa shape index (κ1) is 13.2. The van der Waals surface area contributed by atoms with E-state index in [2.05, 4.69) is 24.6 Å². The second-order valence-corrected chi connectivity index (χ2v) is 5.25. The van der Waals surface area contributed by atoms with Crippen LogP contribution in [0, 0.1) is 11.3 Å². The molecule has 0 saturated carbocycles. The second kappa shape index (κ2) is 6.67. The van der Waals surface area contributed by atoms with E-state index in [1.165, 1.54) is 0 Å². The molecule has 86 valence electrons. The monoisotopic (exact) mass is 254 g/mol. The van der Waals surface area contributed by atoms with E-state index in [0.29, 0.717) is 15.8 Å². The van der Waals surface area contributed by atoms with Gasteiger partial charge in [-0.25, -0.2) is 0 Å². The number of nitriles is 1. The molecule has 0 aliphatic heterocycles. The van der Waals surface area contributed by atoms with Gasteiger partial charge < -0.3 is 5.32 Å². The summed E-state index contributed by atoms with van der Waals surface area (Å²) < 4.78 is 0. The zero-order valence-electron chi connectivity index (χ0n) is 9.46. The van der Waals surface area contributed by atoms with Crippen molar-refractivity contribution in [1.82, 2.24) is 0 Å². The van der Waals surface area contributed by atoms with Crippen LogP contribution >= 0.6 is 23.4 Å². The summed E-state index contributed by atoms with van der Waals surface area (Å²) >= 11 is 7.89. The number of halogens is 1. The molecular weight excluding hydrogens is 240 g/mol. The quantitative estimate of drug-likeness (QED) is 0.869. The molecule has 1 atom stereocenters. The molecule has 1 aromatic rings. The van der Waals surface area contributed by atoms with E-state index in [-0.39, 0.29) is 0 Å². The predicted molar refractivity (Wildman–Crippen MR) is 72.3 cm³/mol. The van der Waals surface area contributed by atoms with Gasteiger partial charge in [0.15, 0.2) is 0 Å². The van der Waals surface area contributed by atoms with Gasteiger partial charge >= 0.3 is 0 Å². The molecule has 1 unspecified atom stereocenters. The van der Waals surface area contributed by atoms with Crippen molar-refractivity contribution in [2.75, 3.05) is 18.1 Å². The Balaban J connectivity index is 2.52. The van der Waals surface area contributed by atoms with Crippen molar-refractivity contribution in [3.8, 4) is 6.07 Å². The van der Waals surface area contributed by atoms with Crippen LogP contribution in [0.3, 0.4) is 0 Å². The highest BCUT2D eigenvalue weighted by Crippen LogP contribution is 2.23. The Hall–Kier alpha value is -0.850. The Morgan fingerprint density at radius 1 is 1.56 bits per heavy atom. The number of rotatable bonds is 5. The van der Waals surface area contributed by atoms with Gasteiger partial charge in [-0.3, -0.25) is 0 Å². The highest BCUT2D eigenvalue weighted by molar-refractivity contribution is 7.99. The van der Waals surface area contributed by atoms with Crippen LogP contribution in [0.4, 0.5) is 5.69 Å². The Kier molecular flexibility index (Phi) is 5.51. The molecule has 0 fully saturated rings. The number of hydrogen-bond donors (Lipinski definition) is 1. The van der Waals surface area contributed by atoms with Crippen molar-refractivity contribution in [2.45, 2.75) is 18.6 Å². The molecule has 0 aliphatic rings. The average Bonchev–Trinajstić information content (AvgIpc) is 2.30. The third kappa shape index (κ3) is 3.96. The summed E-state index contributed by atoms with van der Waals surface area (Å²) in [5.41, 5.74) is 1.49. The molecule has 1 aromatic carbocycles. The zero-order valence-corrected chi connectivity index (χ0v) is 11.0. The molecule has 1 rings (SSSR count). The first-order valence-corrected chi connectivity index (χ1v) is 6.80. The fourth-order valence-corrected chi connectivity index (χ4v) is 1.86. The van der Waals surface area contributed by atoms with Gasteiger partial charge in [0.1, 0.15) is 0 Å². The Morgan fingerprint density at radius 2 is 2.31 bits per heavy atom. The summed E-state index contributed by atoms with van der Waals surface area (Å²) in [6.07, 6.45) is 3.21. The minimum absolute atomic E-state index is 0.591. The van der Waals surface area contributed by atoms with Crippen LogP contribution in [0.25, 0.3) is 0 Å². The van der Waals surface area contributed by atoms with Crippen molar-refractivity contribution < 1.29 is 0 Å². The summed E-state index contributed by atoms with van der Waals surface area (Å²) in [5, 5.41) is 13.2. The van der Waals surface area contributed by atoms with E-state index in [9.17, 15) is 0 Å². The average molecular weight is 255 g/mol. The van der Waals surface area contributed by atoms with E-state index >= 15 is 0 Å². The van der Waals surface area contributed by atoms with Crippen LogP contribution in [0.5, 0.6) is 0 Å². The highest BCUT2D eigenvalue weighted by atomic mass is 35.5. The van der Waals surface area contributed by atoms with E-state index in [0.717, 1.165) is 18.7 Å². The van der Waals surface area contributed by atoms with Crippen molar-refractivity contribution in [3.05, 3.63) is 28.8 Å². The smallest absolute Gasteiger partial charge is 0.0992 e. The number of benzene rings is 1. The van der Waals surface area contributed by atoms with Crippen LogP contribution in [0.15, 0.2) is 18.2 Å². The highest BCUT2D eigenvalue weighted by Gasteiger charge is 2.02. The van der Waals surface area contributed by atoms with Crippen molar-refractivity contribution in [2.24, 2.45) is 0 Å². The molecule has 4 heteroatoms. The first-order chi connectivity index (χ1) is 7.67. The van der Waals surface area contributed by atoms with Gasteiger partial charge in [0.25, 0.3) is 0 Å². The fourth-order valence-electron chi connectivity index (χ4n) is 1.26. The number of anilines is 1. The normalized spacial score (nSPS) is 11.9. The van der Waals surface area contributed by atoms with Crippen LogP contribution in [-0.2, 0) is 0 Å². The Labute approximate surface area is 106 Å². The van der Waals surface area contributed by atoms with Crippen molar-refractivity contribution >= 4 is 29.1 Å². The first-order valence-electron chi connectivity index (χ1n) is 5.13. The van der Waals surface area contributed by atoms with Gasteiger partial charge in [-0.15, -0.1) is 0 Å². The second-order valence-electron chi connectivity index (χ2n) is 3.57. The van der Waals surface area contributed by atoms with Crippen LogP contribution in [-0.4, -0.2) is 18.1 Å². The third-order valence-corrected chi connectivity index (χ3v) is 3.72. The minimum Gasteiger partial charge on any atom is -0.384 e. The summed E-state index contributed by atoms with van der Waals surface area (Å²) in [4.78, 5) is 0. The van der Waals surface area contributed by atoms with Crippen molar-refractivity contribution in [3.63, 3.8) is 0 Å². The largest absolute Gasteiger partial charge is 0.384 e. The number of nitrogens with one attached hydrogen (secondary N) is 1. The van der Waals surface area contributed by atoms with Gasteiger partial charge in [0.2, 0.25) is 0 Å². The van der Waals surface area contributed by atoms with Gasteiger partial charge in [-0.05, 0) is 30.9 Å². The van der Waals surface area contributed by atoms with Crippen LogP contribution < -0.4 is 5.32 Å². The summed E-state index contributed by atoms with van der Waals surface area (Å²) in [5.74, 6) is 0. The lowest BCUT2D eigenvalue weighted by molar-refractivity contribution is 0.854. The third-order valence-electron chi connectivity index (χ3n) is 2.37. The molecule has 0 heterocycles. The number of thioether (sulfide) groups is 1. The standard InChI is InChI=1S/C12H15ClN2S/c1-9(16-2)5-6-15-12-4-3-10(8-14)7-11(12)13/h3-4,7,9,15H,5-6H2,1-2H3. The lowest BCUT2D eigenvalue weighted by Crippen LogP contribution is -2.07. The molecule has 0 radical (unpaired) electrons. The number of hydrogen-bond acceptors (Lipinski definition) is 3. The van der Waals surface area contributed by atoms with Gasteiger partial charge in [0.05, 0.1) is 22.3 Å². The lowest BCUT2D eigenvalue weighted by Gasteiger charge is -2.11. The van der Waals surface area contributed by atoms with Gasteiger partial charge in [-0.2, -0.15) is 17.0 Å².